The van der Waals surface area contributed by atoms with Crippen LogP contribution >= 0.6 is 11.3 Å². The smallest absolute Gasteiger partial charge is 0.164 e. The number of benzene rings is 9. The Balaban J connectivity index is 1.03. The van der Waals surface area contributed by atoms with Crippen molar-refractivity contribution in [1.82, 2.24) is 19.5 Å². The van der Waals surface area contributed by atoms with Crippen LogP contribution in [-0.4, -0.2) is 19.5 Å². The third kappa shape index (κ3) is 5.70. The van der Waals surface area contributed by atoms with Crippen LogP contribution in [0.3, 0.4) is 0 Å². The molecule has 0 aliphatic heterocycles. The molecule has 5 heteroatoms. The molecule has 0 atom stereocenters. The molecular weight excluding hydrogens is 749 g/mol. The highest BCUT2D eigenvalue weighted by atomic mass is 32.1. The Morgan fingerprint density at radius 2 is 0.883 bits per heavy atom. The molecule has 280 valence electrons. The lowest BCUT2D eigenvalue weighted by Gasteiger charge is -2.16. The van der Waals surface area contributed by atoms with Gasteiger partial charge in [0.05, 0.1) is 16.7 Å². The van der Waals surface area contributed by atoms with Crippen molar-refractivity contribution >= 4 is 64.1 Å². The second kappa shape index (κ2) is 14.0. The van der Waals surface area contributed by atoms with Crippen LogP contribution in [0.25, 0.3) is 115 Å². The molecule has 0 spiro atoms. The number of thiophene rings is 1. The number of hydrogen-bond donors (Lipinski definition) is 0. The van der Waals surface area contributed by atoms with Crippen LogP contribution in [0.4, 0.5) is 0 Å². The van der Waals surface area contributed by atoms with Crippen LogP contribution in [0.2, 0.25) is 0 Å². The number of rotatable bonds is 6. The summed E-state index contributed by atoms with van der Waals surface area (Å²) < 4.78 is 5.00. The van der Waals surface area contributed by atoms with Gasteiger partial charge >= 0.3 is 0 Å². The fourth-order valence-electron chi connectivity index (χ4n) is 8.77. The van der Waals surface area contributed by atoms with E-state index in [2.05, 4.69) is 193 Å². The van der Waals surface area contributed by atoms with Crippen molar-refractivity contribution in [3.63, 3.8) is 0 Å². The van der Waals surface area contributed by atoms with Crippen molar-refractivity contribution in [3.05, 3.63) is 206 Å². The van der Waals surface area contributed by atoms with Gasteiger partial charge in [0.1, 0.15) is 0 Å². The van der Waals surface area contributed by atoms with Crippen LogP contribution < -0.4 is 0 Å². The molecule has 0 bridgehead atoms. The third-order valence-electron chi connectivity index (χ3n) is 11.6. The normalized spacial score (nSPS) is 11.7. The van der Waals surface area contributed by atoms with E-state index in [1.165, 1.54) is 41.7 Å². The van der Waals surface area contributed by atoms with Crippen LogP contribution in [-0.2, 0) is 0 Å². The number of fused-ring (bicyclic) bond motifs is 8. The van der Waals surface area contributed by atoms with E-state index in [1.807, 2.05) is 29.5 Å². The average molecular weight is 783 g/mol. The van der Waals surface area contributed by atoms with Crippen molar-refractivity contribution in [3.8, 4) is 62.1 Å². The molecule has 3 aromatic heterocycles. The predicted molar refractivity (Wildman–Crippen MR) is 252 cm³/mol. The highest BCUT2D eigenvalue weighted by molar-refractivity contribution is 7.26. The maximum Gasteiger partial charge on any atom is 0.164 e. The first-order valence-electron chi connectivity index (χ1n) is 20.2. The van der Waals surface area contributed by atoms with Gasteiger partial charge in [0.2, 0.25) is 0 Å². The van der Waals surface area contributed by atoms with Gasteiger partial charge < -0.3 is 4.57 Å². The topological polar surface area (TPSA) is 43.6 Å². The minimum absolute atomic E-state index is 0.615. The Kier molecular flexibility index (Phi) is 8.00. The van der Waals surface area contributed by atoms with Crippen molar-refractivity contribution < 1.29 is 0 Å². The van der Waals surface area contributed by atoms with E-state index in [1.54, 1.807) is 0 Å². The second-order valence-electron chi connectivity index (χ2n) is 15.2. The van der Waals surface area contributed by atoms with Crippen molar-refractivity contribution in [2.24, 2.45) is 0 Å². The Bertz CT molecular complexity index is 3550. The summed E-state index contributed by atoms with van der Waals surface area (Å²) in [6, 6.07) is 73.3. The molecule has 60 heavy (non-hydrogen) atoms. The summed E-state index contributed by atoms with van der Waals surface area (Å²) in [6.45, 7) is 0. The second-order valence-corrected chi connectivity index (χ2v) is 16.2. The molecule has 4 nitrogen and oxygen atoms in total. The molecule has 0 N–H and O–H groups in total. The lowest BCUT2D eigenvalue weighted by atomic mass is 9.99. The minimum Gasteiger partial charge on any atom is -0.309 e. The van der Waals surface area contributed by atoms with Crippen molar-refractivity contribution in [2.45, 2.75) is 0 Å². The monoisotopic (exact) mass is 782 g/mol. The molecule has 0 fully saturated rings. The van der Waals surface area contributed by atoms with Crippen molar-refractivity contribution in [1.29, 1.82) is 0 Å². The van der Waals surface area contributed by atoms with E-state index < -0.39 is 0 Å². The first-order chi connectivity index (χ1) is 29.7. The van der Waals surface area contributed by atoms with Gasteiger partial charge in [-0.25, -0.2) is 15.0 Å². The van der Waals surface area contributed by atoms with Crippen LogP contribution in [0.15, 0.2) is 206 Å². The highest BCUT2D eigenvalue weighted by Crippen LogP contribution is 2.41. The minimum atomic E-state index is 0.615. The quantitative estimate of drug-likeness (QED) is 0.169. The highest BCUT2D eigenvalue weighted by Gasteiger charge is 2.19. The third-order valence-corrected chi connectivity index (χ3v) is 12.9. The summed E-state index contributed by atoms with van der Waals surface area (Å²) in [5.74, 6) is 1.87. The zero-order valence-electron chi connectivity index (χ0n) is 32.3. The Morgan fingerprint density at radius 1 is 0.333 bits per heavy atom. The zero-order valence-corrected chi connectivity index (χ0v) is 33.1. The van der Waals surface area contributed by atoms with Gasteiger partial charge in [-0.1, -0.05) is 170 Å². The van der Waals surface area contributed by atoms with Crippen LogP contribution in [0.1, 0.15) is 0 Å². The van der Waals surface area contributed by atoms with E-state index in [0.717, 1.165) is 55.7 Å². The maximum atomic E-state index is 5.27. The van der Waals surface area contributed by atoms with Gasteiger partial charge in [-0.2, -0.15) is 0 Å². The van der Waals surface area contributed by atoms with Gasteiger partial charge in [0.25, 0.3) is 0 Å². The lowest BCUT2D eigenvalue weighted by molar-refractivity contribution is 1.07. The molecule has 0 radical (unpaired) electrons. The molecule has 0 unspecified atom stereocenters. The molecule has 0 aliphatic carbocycles. The number of nitrogens with zero attached hydrogens (tertiary/aromatic N) is 4. The summed E-state index contributed by atoms with van der Waals surface area (Å²) >= 11 is 1.87. The molecule has 9 aromatic carbocycles. The Labute approximate surface area is 350 Å². The van der Waals surface area contributed by atoms with Gasteiger partial charge in [-0.15, -0.1) is 11.3 Å². The molecular formula is C55H34N4S. The zero-order chi connectivity index (χ0) is 39.6. The Morgan fingerprint density at radius 3 is 1.62 bits per heavy atom. The van der Waals surface area contributed by atoms with E-state index in [0.29, 0.717) is 17.5 Å². The summed E-state index contributed by atoms with van der Waals surface area (Å²) in [7, 11) is 0. The van der Waals surface area contributed by atoms with Crippen molar-refractivity contribution in [2.75, 3.05) is 0 Å². The number of aromatic nitrogens is 4. The standard InChI is InChI=1S/C55H34N4S/c1-3-14-35(15-4-1)42-29-27-41(34-50(42)59-48-24-11-9-22-44(48)45-23-10-12-25-49(45)59)55-57-53(37-17-5-2-6-18-37)56-54(58-55)40-20-13-19-38(32-40)39-28-31-51-47(33-39)46-30-26-36-16-7-8-21-43(36)52(46)60-51/h1-34H. The van der Waals surface area contributed by atoms with E-state index in [9.17, 15) is 0 Å². The largest absolute Gasteiger partial charge is 0.309 e. The summed E-state index contributed by atoms with van der Waals surface area (Å²) in [6.07, 6.45) is 0. The summed E-state index contributed by atoms with van der Waals surface area (Å²) in [5.41, 5.74) is 10.7. The first kappa shape index (κ1) is 34.3. The van der Waals surface area contributed by atoms with Gasteiger partial charge in [-0.3, -0.25) is 0 Å². The number of hydrogen-bond acceptors (Lipinski definition) is 4. The molecule has 0 saturated heterocycles. The molecule has 0 amide bonds. The SMILES string of the molecule is c1ccc(-c2nc(-c3cccc(-c4ccc5sc6c7ccccc7ccc6c5c4)c3)nc(-c3ccc(-c4ccccc4)c(-n4c5ccccc5c5ccccc54)c3)n2)cc1. The van der Waals surface area contributed by atoms with Crippen LogP contribution in [0, 0.1) is 0 Å². The average Bonchev–Trinajstić information content (AvgIpc) is 3.88. The maximum absolute atomic E-state index is 5.27. The van der Waals surface area contributed by atoms with Crippen LogP contribution in [0.5, 0.6) is 0 Å². The fraction of sp³-hybridized carbons (Fsp3) is 0. The number of para-hydroxylation sites is 2. The predicted octanol–water partition coefficient (Wildman–Crippen LogP) is 14.8. The fourth-order valence-corrected chi connectivity index (χ4v) is 9.99. The molecule has 0 aliphatic rings. The molecule has 12 rings (SSSR count). The molecule has 3 heterocycles. The Hall–Kier alpha value is -7.73. The summed E-state index contributed by atoms with van der Waals surface area (Å²) in [4.78, 5) is 15.6. The van der Waals surface area contributed by atoms with Gasteiger partial charge in [0.15, 0.2) is 17.5 Å². The molecule has 0 saturated carbocycles. The van der Waals surface area contributed by atoms with E-state index in [-0.39, 0.29) is 0 Å². The molecule has 12 aromatic rings. The van der Waals surface area contributed by atoms with Gasteiger partial charge in [-0.05, 0) is 63.9 Å². The van der Waals surface area contributed by atoms with E-state index >= 15 is 0 Å². The van der Waals surface area contributed by atoms with Gasteiger partial charge in [0, 0.05) is 53.2 Å². The lowest BCUT2D eigenvalue weighted by Crippen LogP contribution is -2.02. The summed E-state index contributed by atoms with van der Waals surface area (Å²) in [5, 5.41) is 7.56. The van der Waals surface area contributed by atoms with E-state index in [4.69, 9.17) is 15.0 Å². The first-order valence-corrected chi connectivity index (χ1v) is 21.0.